The highest BCUT2D eigenvalue weighted by Gasteiger charge is 2.14. The molecule has 0 fully saturated rings. The smallest absolute Gasteiger partial charge is 0.287 e. The molecule has 0 radical (unpaired) electrons. The van der Waals surface area contributed by atoms with Crippen molar-refractivity contribution in [2.75, 3.05) is 0 Å². The number of nitrogens with one attached hydrogen (secondary N) is 2. The maximum atomic E-state index is 11.7. The largest absolute Gasteiger partial charge is 0.347 e. The number of carbonyl (C=O) groups is 1. The van der Waals surface area contributed by atoms with E-state index < -0.39 is 0 Å². The number of nitrogens with zero attached hydrogens (tertiary/aromatic N) is 1. The lowest BCUT2D eigenvalue weighted by Gasteiger charge is -2.04. The van der Waals surface area contributed by atoms with E-state index in [0.717, 1.165) is 0 Å². The van der Waals surface area contributed by atoms with E-state index in [-0.39, 0.29) is 17.8 Å². The van der Waals surface area contributed by atoms with Crippen LogP contribution in [0.3, 0.4) is 0 Å². The second kappa shape index (κ2) is 4.55. The summed E-state index contributed by atoms with van der Waals surface area (Å²) in [6, 6.07) is 3.33. The van der Waals surface area contributed by atoms with Crippen LogP contribution < -0.4 is 5.32 Å². The van der Waals surface area contributed by atoms with Crippen molar-refractivity contribution in [2.24, 2.45) is 0 Å². The normalized spacial score (nSPS) is 11.1. The Bertz CT molecular complexity index is 577. The first-order valence-electron chi connectivity index (χ1n) is 5.13. The fourth-order valence-electron chi connectivity index (χ4n) is 1.48. The number of carbonyl (C=O) groups excluding carboxylic acids is 1. The summed E-state index contributed by atoms with van der Waals surface area (Å²) >= 11 is 11.9. The number of hydrogen-bond donors (Lipinski definition) is 2. The number of aromatic nitrogens is 2. The van der Waals surface area contributed by atoms with E-state index in [1.807, 2.05) is 13.8 Å². The highest BCUT2D eigenvalue weighted by molar-refractivity contribution is 6.38. The molecule has 1 amide bonds. The molecule has 0 aliphatic heterocycles. The molecule has 2 N–H and O–H groups in total. The second-order valence-electron chi connectivity index (χ2n) is 4.00. The van der Waals surface area contributed by atoms with Gasteiger partial charge in [-0.3, -0.25) is 4.79 Å². The Hall–Kier alpha value is -1.26. The molecule has 0 saturated carbocycles. The molecule has 90 valence electrons. The van der Waals surface area contributed by atoms with Crippen LogP contribution in [0, 0.1) is 0 Å². The molecule has 6 heteroatoms. The molecule has 0 saturated heterocycles. The van der Waals surface area contributed by atoms with Gasteiger partial charge < -0.3 is 10.3 Å². The molecule has 0 aliphatic carbocycles. The van der Waals surface area contributed by atoms with Gasteiger partial charge in [0.25, 0.3) is 5.91 Å². The van der Waals surface area contributed by atoms with Crippen LogP contribution in [0.15, 0.2) is 12.1 Å². The van der Waals surface area contributed by atoms with Gasteiger partial charge in [-0.25, -0.2) is 4.98 Å². The Morgan fingerprint density at radius 1 is 1.41 bits per heavy atom. The summed E-state index contributed by atoms with van der Waals surface area (Å²) < 4.78 is 0. The summed E-state index contributed by atoms with van der Waals surface area (Å²) in [6.45, 7) is 3.76. The third-order valence-corrected chi connectivity index (χ3v) is 2.65. The highest BCUT2D eigenvalue weighted by atomic mass is 35.5. The minimum absolute atomic E-state index is 0.0507. The van der Waals surface area contributed by atoms with Crippen LogP contribution in [-0.4, -0.2) is 21.9 Å². The number of amides is 1. The Morgan fingerprint density at radius 2 is 2.12 bits per heavy atom. The molecule has 2 aromatic rings. The van der Waals surface area contributed by atoms with Crippen LogP contribution in [0.1, 0.15) is 24.5 Å². The lowest BCUT2D eigenvalue weighted by atomic mass is 10.3. The second-order valence-corrected chi connectivity index (χ2v) is 4.84. The average molecular weight is 272 g/mol. The number of hydrogen-bond acceptors (Lipinski definition) is 2. The summed E-state index contributed by atoms with van der Waals surface area (Å²) in [6.07, 6.45) is 0. The van der Waals surface area contributed by atoms with E-state index in [1.165, 1.54) is 0 Å². The molecule has 0 aliphatic rings. The first-order chi connectivity index (χ1) is 7.97. The monoisotopic (exact) mass is 271 g/mol. The zero-order chi connectivity index (χ0) is 12.6. The molecule has 4 nitrogen and oxygen atoms in total. The van der Waals surface area contributed by atoms with Crippen LogP contribution >= 0.6 is 23.2 Å². The first-order valence-corrected chi connectivity index (χ1v) is 5.88. The standard InChI is InChI=1S/C11H11Cl2N3O/c1-5(2)14-11(17)10-15-8-4-6(12)3-7(13)9(8)16-10/h3-5H,1-2H3,(H,14,17)(H,15,16). The van der Waals surface area contributed by atoms with Crippen molar-refractivity contribution in [3.8, 4) is 0 Å². The van der Waals surface area contributed by atoms with Gasteiger partial charge in [0, 0.05) is 11.1 Å². The molecule has 1 heterocycles. The molecule has 0 bridgehead atoms. The lowest BCUT2D eigenvalue weighted by Crippen LogP contribution is -2.30. The molecular formula is C11H11Cl2N3O. The number of aromatic amines is 1. The van der Waals surface area contributed by atoms with Gasteiger partial charge in [-0.2, -0.15) is 0 Å². The summed E-state index contributed by atoms with van der Waals surface area (Å²) in [7, 11) is 0. The SMILES string of the molecule is CC(C)NC(=O)c1nc2c(Cl)cc(Cl)cc2[nH]1. The summed E-state index contributed by atoms with van der Waals surface area (Å²) in [5, 5.41) is 3.67. The van der Waals surface area contributed by atoms with Crippen molar-refractivity contribution in [1.29, 1.82) is 0 Å². The first kappa shape index (κ1) is 12.2. The van der Waals surface area contributed by atoms with Gasteiger partial charge in [0.15, 0.2) is 5.82 Å². The minimum Gasteiger partial charge on any atom is -0.347 e. The molecule has 1 aromatic carbocycles. The van der Waals surface area contributed by atoms with Gasteiger partial charge in [0.1, 0.15) is 5.52 Å². The van der Waals surface area contributed by atoms with Crippen molar-refractivity contribution >= 4 is 40.1 Å². The molecule has 0 unspecified atom stereocenters. The quantitative estimate of drug-likeness (QED) is 0.882. The van der Waals surface area contributed by atoms with Crippen molar-refractivity contribution in [1.82, 2.24) is 15.3 Å². The number of fused-ring (bicyclic) bond motifs is 1. The van der Waals surface area contributed by atoms with E-state index >= 15 is 0 Å². The zero-order valence-corrected chi connectivity index (χ0v) is 10.9. The number of rotatable bonds is 2. The topological polar surface area (TPSA) is 57.8 Å². The number of H-pyrrole nitrogens is 1. The molecular weight excluding hydrogens is 261 g/mol. The van der Waals surface area contributed by atoms with Gasteiger partial charge >= 0.3 is 0 Å². The predicted molar refractivity (Wildman–Crippen MR) is 68.7 cm³/mol. The van der Waals surface area contributed by atoms with Gasteiger partial charge in [0.2, 0.25) is 0 Å². The number of benzene rings is 1. The van der Waals surface area contributed by atoms with E-state index in [1.54, 1.807) is 12.1 Å². The van der Waals surface area contributed by atoms with Crippen molar-refractivity contribution in [2.45, 2.75) is 19.9 Å². The van der Waals surface area contributed by atoms with Crippen LogP contribution in [-0.2, 0) is 0 Å². The van der Waals surface area contributed by atoms with E-state index in [9.17, 15) is 4.79 Å². The third-order valence-electron chi connectivity index (χ3n) is 2.14. The summed E-state index contributed by atoms with van der Waals surface area (Å²) in [5.74, 6) is -0.0266. The van der Waals surface area contributed by atoms with Crippen molar-refractivity contribution < 1.29 is 4.79 Å². The van der Waals surface area contributed by atoms with E-state index in [4.69, 9.17) is 23.2 Å². The minimum atomic E-state index is -0.261. The van der Waals surface area contributed by atoms with Gasteiger partial charge in [0.05, 0.1) is 10.5 Å². The Morgan fingerprint density at radius 3 is 2.76 bits per heavy atom. The third kappa shape index (κ3) is 2.53. The van der Waals surface area contributed by atoms with E-state index in [2.05, 4.69) is 15.3 Å². The van der Waals surface area contributed by atoms with Crippen LogP contribution in [0.4, 0.5) is 0 Å². The Labute approximate surface area is 108 Å². The fourth-order valence-corrected chi connectivity index (χ4v) is 2.02. The maximum Gasteiger partial charge on any atom is 0.287 e. The number of halogens is 2. The predicted octanol–water partition coefficient (Wildman–Crippen LogP) is 3.01. The highest BCUT2D eigenvalue weighted by Crippen LogP contribution is 2.26. The summed E-state index contributed by atoms with van der Waals surface area (Å²) in [4.78, 5) is 18.8. The van der Waals surface area contributed by atoms with Crippen molar-refractivity contribution in [3.63, 3.8) is 0 Å². The Balaban J connectivity index is 2.44. The van der Waals surface area contributed by atoms with E-state index in [0.29, 0.717) is 21.1 Å². The molecule has 0 atom stereocenters. The Kier molecular flexibility index (Phi) is 3.26. The molecule has 1 aromatic heterocycles. The zero-order valence-electron chi connectivity index (χ0n) is 9.34. The molecule has 2 rings (SSSR count). The molecule has 0 spiro atoms. The number of imidazole rings is 1. The van der Waals surface area contributed by atoms with Crippen molar-refractivity contribution in [3.05, 3.63) is 28.0 Å². The maximum absolute atomic E-state index is 11.7. The van der Waals surface area contributed by atoms with Gasteiger partial charge in [-0.05, 0) is 26.0 Å². The lowest BCUT2D eigenvalue weighted by molar-refractivity contribution is 0.0934. The van der Waals surface area contributed by atoms with Gasteiger partial charge in [-0.1, -0.05) is 23.2 Å². The fraction of sp³-hybridized carbons (Fsp3) is 0.273. The molecule has 17 heavy (non-hydrogen) atoms. The van der Waals surface area contributed by atoms with Crippen LogP contribution in [0.2, 0.25) is 10.0 Å². The average Bonchev–Trinajstić information content (AvgIpc) is 2.60. The van der Waals surface area contributed by atoms with Crippen LogP contribution in [0.25, 0.3) is 11.0 Å². The summed E-state index contributed by atoms with van der Waals surface area (Å²) in [5.41, 5.74) is 1.20. The van der Waals surface area contributed by atoms with Gasteiger partial charge in [-0.15, -0.1) is 0 Å². The van der Waals surface area contributed by atoms with Crippen LogP contribution in [0.5, 0.6) is 0 Å².